The van der Waals surface area contributed by atoms with Gasteiger partial charge >= 0.3 is 0 Å². The van der Waals surface area contributed by atoms with Gasteiger partial charge in [-0.05, 0) is 16.8 Å². The summed E-state index contributed by atoms with van der Waals surface area (Å²) in [5, 5.41) is 18.5. The lowest BCUT2D eigenvalue weighted by Crippen LogP contribution is -2.32. The minimum Gasteiger partial charge on any atom is -0.507 e. The lowest BCUT2D eigenvalue weighted by molar-refractivity contribution is 0.0397. The first-order valence-corrected chi connectivity index (χ1v) is 6.42. The third kappa shape index (κ3) is 2.53. The van der Waals surface area contributed by atoms with Gasteiger partial charge in [0.25, 0.3) is 0 Å². The van der Waals surface area contributed by atoms with Gasteiger partial charge in [-0.1, -0.05) is 30.3 Å². The van der Waals surface area contributed by atoms with Crippen LogP contribution in [0, 0.1) is 0 Å². The molecule has 0 amide bonds. The van der Waals surface area contributed by atoms with Crippen molar-refractivity contribution < 1.29 is 9.84 Å². The number of morpholine rings is 1. The summed E-state index contributed by atoms with van der Waals surface area (Å²) in [6, 6.07) is 11.6. The molecule has 0 aliphatic carbocycles. The topological polar surface area (TPSA) is 45.1 Å². The van der Waals surface area contributed by atoms with Crippen LogP contribution in [0.3, 0.4) is 0 Å². The largest absolute Gasteiger partial charge is 0.507 e. The molecule has 1 N–H and O–H groups in total. The Morgan fingerprint density at radius 1 is 1.11 bits per heavy atom. The van der Waals surface area contributed by atoms with Crippen molar-refractivity contribution >= 4 is 17.0 Å². The van der Waals surface area contributed by atoms with E-state index >= 15 is 0 Å². The molecule has 1 saturated heterocycles. The zero-order chi connectivity index (χ0) is 13.1. The van der Waals surface area contributed by atoms with E-state index in [-0.39, 0.29) is 5.75 Å². The number of hydrogen-bond acceptors (Lipinski definition) is 4. The molecule has 98 valence electrons. The third-order valence-electron chi connectivity index (χ3n) is 3.29. The lowest BCUT2D eigenvalue weighted by Gasteiger charge is -2.23. The fourth-order valence-corrected chi connectivity index (χ4v) is 2.23. The van der Waals surface area contributed by atoms with Crippen LogP contribution >= 0.6 is 0 Å². The molecule has 2 aromatic carbocycles. The van der Waals surface area contributed by atoms with Crippen LogP contribution in [0.5, 0.6) is 5.75 Å². The van der Waals surface area contributed by atoms with Crippen LogP contribution < -0.4 is 0 Å². The summed E-state index contributed by atoms with van der Waals surface area (Å²) in [5.41, 5.74) is 0.768. The number of aromatic hydroxyl groups is 1. The molecule has 3 rings (SSSR count). The van der Waals surface area contributed by atoms with Crippen molar-refractivity contribution in [2.45, 2.75) is 0 Å². The van der Waals surface area contributed by atoms with Gasteiger partial charge < -0.3 is 9.84 Å². The molecule has 1 aliphatic rings. The van der Waals surface area contributed by atoms with Gasteiger partial charge in [0.15, 0.2) is 0 Å². The number of hydrogen-bond donors (Lipinski definition) is 1. The first-order valence-electron chi connectivity index (χ1n) is 6.42. The number of hydrazone groups is 1. The van der Waals surface area contributed by atoms with Crippen LogP contribution in [0.15, 0.2) is 41.5 Å². The number of phenols is 1. The van der Waals surface area contributed by atoms with E-state index in [1.807, 2.05) is 35.3 Å². The number of nitrogens with zero attached hydrogens (tertiary/aromatic N) is 2. The highest BCUT2D eigenvalue weighted by Gasteiger charge is 2.08. The molecule has 4 heteroatoms. The molecule has 2 aromatic rings. The molecule has 1 aliphatic heterocycles. The van der Waals surface area contributed by atoms with E-state index < -0.39 is 0 Å². The fourth-order valence-electron chi connectivity index (χ4n) is 2.23. The highest BCUT2D eigenvalue weighted by molar-refractivity contribution is 6.02. The second-order valence-corrected chi connectivity index (χ2v) is 4.53. The van der Waals surface area contributed by atoms with Crippen LogP contribution in [0.25, 0.3) is 10.8 Å². The molecule has 0 spiro atoms. The minimum atomic E-state index is 0.260. The van der Waals surface area contributed by atoms with E-state index in [0.717, 1.165) is 29.4 Å². The summed E-state index contributed by atoms with van der Waals surface area (Å²) < 4.78 is 5.28. The Bertz CT molecular complexity index is 604. The maximum atomic E-state index is 10.0. The van der Waals surface area contributed by atoms with E-state index in [9.17, 15) is 5.11 Å². The van der Waals surface area contributed by atoms with Gasteiger partial charge in [0, 0.05) is 5.56 Å². The normalized spacial score (nSPS) is 16.3. The lowest BCUT2D eigenvalue weighted by atomic mass is 10.0. The van der Waals surface area contributed by atoms with Gasteiger partial charge in [-0.2, -0.15) is 5.10 Å². The van der Waals surface area contributed by atoms with Crippen LogP contribution in [-0.2, 0) is 4.74 Å². The summed E-state index contributed by atoms with van der Waals surface area (Å²) in [5.74, 6) is 0.260. The Hall–Kier alpha value is -2.07. The Labute approximate surface area is 111 Å². The second kappa shape index (κ2) is 5.28. The number of ether oxygens (including phenoxy) is 1. The molecule has 0 unspecified atom stereocenters. The molecule has 0 radical (unpaired) electrons. The molecule has 0 bridgehead atoms. The number of phenolic OH excluding ortho intramolecular Hbond substituents is 1. The van der Waals surface area contributed by atoms with Gasteiger partial charge in [0.2, 0.25) is 0 Å². The first kappa shape index (κ1) is 12.0. The summed E-state index contributed by atoms with van der Waals surface area (Å²) >= 11 is 0. The molecule has 4 nitrogen and oxygen atoms in total. The van der Waals surface area contributed by atoms with E-state index in [1.165, 1.54) is 0 Å². The standard InChI is InChI=1S/C15H16N2O2/c18-15-6-5-12-3-1-2-4-13(12)14(15)11-16-17-7-9-19-10-8-17/h1-6,11,18H,7-10H2. The number of fused-ring (bicyclic) bond motifs is 1. The average molecular weight is 256 g/mol. The van der Waals surface area contributed by atoms with E-state index in [1.54, 1.807) is 12.3 Å². The second-order valence-electron chi connectivity index (χ2n) is 4.53. The number of rotatable bonds is 2. The third-order valence-corrected chi connectivity index (χ3v) is 3.29. The van der Waals surface area contributed by atoms with Crippen LogP contribution in [-0.4, -0.2) is 42.6 Å². The van der Waals surface area contributed by atoms with Crippen molar-refractivity contribution in [2.75, 3.05) is 26.3 Å². The molecule has 0 saturated carbocycles. The Balaban J connectivity index is 1.95. The van der Waals surface area contributed by atoms with Crippen molar-refractivity contribution in [1.29, 1.82) is 0 Å². The summed E-state index contributed by atoms with van der Waals surface area (Å²) in [6.45, 7) is 3.00. The van der Waals surface area contributed by atoms with E-state index in [0.29, 0.717) is 13.2 Å². The molecular formula is C15H16N2O2. The van der Waals surface area contributed by atoms with Crippen molar-refractivity contribution in [3.8, 4) is 5.75 Å². The predicted octanol–water partition coefficient (Wildman–Crippen LogP) is 2.21. The van der Waals surface area contributed by atoms with Crippen molar-refractivity contribution in [3.05, 3.63) is 42.0 Å². The van der Waals surface area contributed by atoms with Crippen molar-refractivity contribution in [1.82, 2.24) is 5.01 Å². The van der Waals surface area contributed by atoms with E-state index in [4.69, 9.17) is 4.74 Å². The zero-order valence-electron chi connectivity index (χ0n) is 10.6. The summed E-state index contributed by atoms with van der Waals surface area (Å²) in [6.07, 6.45) is 1.74. The molecule has 0 aromatic heterocycles. The smallest absolute Gasteiger partial charge is 0.125 e. The predicted molar refractivity (Wildman–Crippen MR) is 75.6 cm³/mol. The Morgan fingerprint density at radius 2 is 1.89 bits per heavy atom. The van der Waals surface area contributed by atoms with Crippen LogP contribution in [0.2, 0.25) is 0 Å². The molecule has 0 atom stereocenters. The minimum absolute atomic E-state index is 0.260. The number of benzene rings is 2. The maximum Gasteiger partial charge on any atom is 0.125 e. The quantitative estimate of drug-likeness (QED) is 0.838. The summed E-state index contributed by atoms with van der Waals surface area (Å²) in [4.78, 5) is 0. The fraction of sp³-hybridized carbons (Fsp3) is 0.267. The monoisotopic (exact) mass is 256 g/mol. The zero-order valence-corrected chi connectivity index (χ0v) is 10.6. The maximum absolute atomic E-state index is 10.0. The van der Waals surface area contributed by atoms with Crippen LogP contribution in [0.1, 0.15) is 5.56 Å². The summed E-state index contributed by atoms with van der Waals surface area (Å²) in [7, 11) is 0. The van der Waals surface area contributed by atoms with Crippen LogP contribution in [0.4, 0.5) is 0 Å². The Kier molecular flexibility index (Phi) is 3.33. The van der Waals surface area contributed by atoms with Gasteiger partial charge in [-0.3, -0.25) is 5.01 Å². The van der Waals surface area contributed by atoms with Gasteiger partial charge in [0.05, 0.1) is 32.5 Å². The average Bonchev–Trinajstić information content (AvgIpc) is 2.47. The molecule has 19 heavy (non-hydrogen) atoms. The highest BCUT2D eigenvalue weighted by Crippen LogP contribution is 2.25. The van der Waals surface area contributed by atoms with Gasteiger partial charge in [-0.15, -0.1) is 0 Å². The molecular weight excluding hydrogens is 240 g/mol. The van der Waals surface area contributed by atoms with Gasteiger partial charge in [0.1, 0.15) is 5.75 Å². The van der Waals surface area contributed by atoms with Crippen molar-refractivity contribution in [3.63, 3.8) is 0 Å². The Morgan fingerprint density at radius 3 is 2.74 bits per heavy atom. The SMILES string of the molecule is Oc1ccc2ccccc2c1C=NN1CCOCC1. The van der Waals surface area contributed by atoms with Crippen molar-refractivity contribution in [2.24, 2.45) is 5.10 Å². The van der Waals surface area contributed by atoms with Gasteiger partial charge in [-0.25, -0.2) is 0 Å². The molecule has 1 heterocycles. The first-order chi connectivity index (χ1) is 9.34. The van der Waals surface area contributed by atoms with E-state index in [2.05, 4.69) is 5.10 Å². The molecule has 1 fully saturated rings. The highest BCUT2D eigenvalue weighted by atomic mass is 16.5.